The lowest BCUT2D eigenvalue weighted by atomic mass is 9.81. The number of carbonyl (C=O) groups is 4. The lowest BCUT2D eigenvalue weighted by Gasteiger charge is -2.23. The number of nitrogens with one attached hydrogen (secondary N) is 1. The number of aryl methyl sites for hydroxylation is 2. The van der Waals surface area contributed by atoms with Crippen LogP contribution >= 0.6 is 15.9 Å². The molecule has 51 heavy (non-hydrogen) atoms. The number of hydrogen-bond donors (Lipinski definition) is 4. The van der Waals surface area contributed by atoms with Crippen molar-refractivity contribution >= 4 is 56.1 Å². The zero-order chi connectivity index (χ0) is 37.6. The molecule has 0 heterocycles. The fourth-order valence-corrected chi connectivity index (χ4v) is 6.74. The Hall–Kier alpha value is -4.68. The third-order valence-electron chi connectivity index (χ3n) is 8.75. The number of carbonyl (C=O) groups excluding carboxylic acids is 4. The van der Waals surface area contributed by atoms with Crippen LogP contribution in [0.5, 0.6) is 0 Å². The minimum Gasteiger partial charge on any atom is -0.398 e. The molecule has 7 N–H and O–H groups in total. The fraction of sp³-hybridized carbons (Fsp3) is 0.300. The van der Waals surface area contributed by atoms with E-state index >= 15 is 0 Å². The number of nitrogens with zero attached hydrogens (tertiary/aromatic N) is 2. The van der Waals surface area contributed by atoms with Gasteiger partial charge in [0.1, 0.15) is 0 Å². The molecule has 6 rings (SSSR count). The van der Waals surface area contributed by atoms with Crippen molar-refractivity contribution in [2.45, 2.75) is 26.7 Å². The summed E-state index contributed by atoms with van der Waals surface area (Å²) in [5.41, 5.74) is 23.6. The van der Waals surface area contributed by atoms with Crippen molar-refractivity contribution in [1.82, 2.24) is 9.80 Å². The molecule has 0 spiro atoms. The molecule has 0 aromatic heterocycles. The van der Waals surface area contributed by atoms with E-state index in [4.69, 9.17) is 17.2 Å². The maximum atomic E-state index is 13.0. The summed E-state index contributed by atoms with van der Waals surface area (Å²) in [5, 5.41) is 3.32. The van der Waals surface area contributed by atoms with Crippen LogP contribution in [0.25, 0.3) is 0 Å². The summed E-state index contributed by atoms with van der Waals surface area (Å²) in [6.45, 7) is 7.25. The van der Waals surface area contributed by atoms with Crippen molar-refractivity contribution in [3.05, 3.63) is 121 Å². The van der Waals surface area contributed by atoms with Crippen LogP contribution < -0.4 is 22.5 Å². The Kier molecular flexibility index (Phi) is 13.1. The summed E-state index contributed by atoms with van der Waals surface area (Å²) in [6.07, 6.45) is 2.04. The number of rotatable bonds is 8. The monoisotopic (exact) mass is 754 g/mol. The number of ketones is 4. The van der Waals surface area contributed by atoms with Crippen LogP contribution in [0.1, 0.15) is 87.7 Å². The Labute approximate surface area is 308 Å². The normalized spacial score (nSPS) is 12.7. The predicted molar refractivity (Wildman–Crippen MR) is 209 cm³/mol. The number of hydrogen-bond acceptors (Lipinski definition) is 10. The summed E-state index contributed by atoms with van der Waals surface area (Å²) in [4.78, 5) is 55.2. The summed E-state index contributed by atoms with van der Waals surface area (Å²) in [6, 6.07) is 17.4. The molecule has 2 aliphatic rings. The van der Waals surface area contributed by atoms with Crippen LogP contribution in [0.2, 0.25) is 0 Å². The molecule has 0 bridgehead atoms. The minimum atomic E-state index is -0.188. The van der Waals surface area contributed by atoms with Gasteiger partial charge in [-0.25, -0.2) is 0 Å². The highest BCUT2D eigenvalue weighted by Gasteiger charge is 2.35. The number of nitrogen functional groups attached to an aromatic ring is 2. The van der Waals surface area contributed by atoms with Gasteiger partial charge in [0.25, 0.3) is 0 Å². The topological polar surface area (TPSA) is 165 Å². The van der Waals surface area contributed by atoms with Crippen molar-refractivity contribution in [3.63, 3.8) is 0 Å². The van der Waals surface area contributed by atoms with Crippen molar-refractivity contribution in [2.24, 2.45) is 5.73 Å². The highest BCUT2D eigenvalue weighted by Crippen LogP contribution is 2.38. The molecule has 4 aromatic rings. The molecule has 0 saturated carbocycles. The first-order valence-corrected chi connectivity index (χ1v) is 17.6. The molecule has 0 aliphatic heterocycles. The van der Waals surface area contributed by atoms with E-state index in [-0.39, 0.29) is 23.1 Å². The first-order valence-electron chi connectivity index (χ1n) is 16.8. The molecule has 268 valence electrons. The van der Waals surface area contributed by atoms with Crippen molar-refractivity contribution in [2.75, 3.05) is 71.2 Å². The van der Waals surface area contributed by atoms with Crippen LogP contribution in [0, 0.1) is 13.8 Å². The first kappa shape index (κ1) is 39.1. The molecule has 4 aromatic carbocycles. The van der Waals surface area contributed by atoms with Gasteiger partial charge >= 0.3 is 0 Å². The second-order valence-electron chi connectivity index (χ2n) is 13.2. The van der Waals surface area contributed by atoms with Crippen molar-refractivity contribution in [1.29, 1.82) is 0 Å². The zero-order valence-corrected chi connectivity index (χ0v) is 31.7. The molecular weight excluding hydrogens is 708 g/mol. The zero-order valence-electron chi connectivity index (χ0n) is 30.2. The van der Waals surface area contributed by atoms with Gasteiger partial charge in [0, 0.05) is 50.3 Å². The average Bonchev–Trinajstić information content (AvgIpc) is 3.10. The van der Waals surface area contributed by atoms with Crippen LogP contribution in [0.4, 0.5) is 17.1 Å². The SMILES string of the molecule is CN(C)CCCN.Cc1cc(Br)c2c(c1N)C(=O)c1ccccc1C2=O.Cc1cc(NCCCN(C)C)c2c(c1N)C(=O)c1ccccc1C2=O. The lowest BCUT2D eigenvalue weighted by Crippen LogP contribution is -2.25. The third-order valence-corrected chi connectivity index (χ3v) is 9.37. The molecule has 2 aliphatic carbocycles. The summed E-state index contributed by atoms with van der Waals surface area (Å²) >= 11 is 3.36. The van der Waals surface area contributed by atoms with E-state index in [0.29, 0.717) is 66.0 Å². The number of anilines is 3. The van der Waals surface area contributed by atoms with Gasteiger partial charge in [-0.2, -0.15) is 0 Å². The largest absolute Gasteiger partial charge is 0.398 e. The van der Waals surface area contributed by atoms with Gasteiger partial charge < -0.3 is 32.3 Å². The second-order valence-corrected chi connectivity index (χ2v) is 14.0. The molecular formula is C40H47BrN6O4. The standard InChI is InChI=1S/C20H23N3O2.C15H10BrNO2.C5H14N2/c1-12-11-15(22-9-6-10-23(2)3)16-17(18(12)21)20(25)14-8-5-4-7-13(14)19(16)24;1-7-6-10(16)11-12(13(7)17)15(19)9-5-3-2-4-8(9)14(11)18;1-7(2)5-3-4-6/h4-5,7-8,11,22H,6,9-10,21H2,1-3H3;2-6H,17H2,1H3;3-6H2,1-2H3. The van der Waals surface area contributed by atoms with E-state index in [9.17, 15) is 19.2 Å². The Balaban J connectivity index is 0.000000198. The summed E-state index contributed by atoms with van der Waals surface area (Å²) in [5.74, 6) is -0.675. The van der Waals surface area contributed by atoms with Crippen molar-refractivity contribution in [3.8, 4) is 0 Å². The summed E-state index contributed by atoms with van der Waals surface area (Å²) in [7, 11) is 8.15. The van der Waals surface area contributed by atoms with Gasteiger partial charge in [0.05, 0.1) is 22.3 Å². The van der Waals surface area contributed by atoms with Crippen LogP contribution in [0.15, 0.2) is 65.1 Å². The molecule has 0 fully saturated rings. The second kappa shape index (κ2) is 17.0. The number of fused-ring (bicyclic) bond motifs is 4. The van der Waals surface area contributed by atoms with E-state index in [2.05, 4.69) is 45.1 Å². The number of nitrogens with two attached hydrogens (primary N) is 3. The van der Waals surface area contributed by atoms with Crippen LogP contribution in [-0.4, -0.2) is 87.3 Å². The van der Waals surface area contributed by atoms with E-state index in [0.717, 1.165) is 50.1 Å². The average molecular weight is 756 g/mol. The highest BCUT2D eigenvalue weighted by molar-refractivity contribution is 9.10. The Bertz CT molecular complexity index is 1990. The van der Waals surface area contributed by atoms with E-state index in [1.165, 1.54) is 0 Å². The summed E-state index contributed by atoms with van der Waals surface area (Å²) < 4.78 is 0.613. The molecule has 0 unspecified atom stereocenters. The Morgan fingerprint density at radius 2 is 1.00 bits per heavy atom. The molecule has 0 saturated heterocycles. The van der Waals surface area contributed by atoms with Gasteiger partial charge in [-0.05, 0) is 114 Å². The van der Waals surface area contributed by atoms with Gasteiger partial charge in [-0.1, -0.05) is 48.5 Å². The molecule has 0 amide bonds. The van der Waals surface area contributed by atoms with Crippen LogP contribution in [0.3, 0.4) is 0 Å². The van der Waals surface area contributed by atoms with E-state index in [1.807, 2.05) is 34.0 Å². The van der Waals surface area contributed by atoms with Gasteiger partial charge in [-0.3, -0.25) is 19.2 Å². The Morgan fingerprint density at radius 3 is 1.43 bits per heavy atom. The molecule has 10 nitrogen and oxygen atoms in total. The maximum Gasteiger partial charge on any atom is 0.196 e. The highest BCUT2D eigenvalue weighted by atomic mass is 79.9. The lowest BCUT2D eigenvalue weighted by molar-refractivity contribution is 0.0979. The van der Waals surface area contributed by atoms with E-state index in [1.54, 1.807) is 54.6 Å². The van der Waals surface area contributed by atoms with Crippen LogP contribution in [-0.2, 0) is 0 Å². The van der Waals surface area contributed by atoms with E-state index < -0.39 is 0 Å². The molecule has 0 atom stereocenters. The van der Waals surface area contributed by atoms with Crippen molar-refractivity contribution < 1.29 is 19.2 Å². The maximum absolute atomic E-state index is 13.0. The minimum absolute atomic E-state index is 0.146. The molecule has 11 heteroatoms. The third kappa shape index (κ3) is 8.45. The smallest absolute Gasteiger partial charge is 0.196 e. The van der Waals surface area contributed by atoms with Gasteiger partial charge in [-0.15, -0.1) is 0 Å². The molecule has 0 radical (unpaired) electrons. The fourth-order valence-electron chi connectivity index (χ4n) is 6.02. The van der Waals surface area contributed by atoms with Gasteiger partial charge in [0.2, 0.25) is 0 Å². The Morgan fingerprint density at radius 1 is 0.608 bits per heavy atom. The predicted octanol–water partition coefficient (Wildman–Crippen LogP) is 5.73. The quantitative estimate of drug-likeness (QED) is 0.111. The van der Waals surface area contributed by atoms with Gasteiger partial charge in [0.15, 0.2) is 23.1 Å². The number of benzene rings is 4. The number of halogens is 1. The first-order chi connectivity index (χ1) is 24.2.